The number of benzene rings is 1. The van der Waals surface area contributed by atoms with Crippen molar-refractivity contribution in [2.24, 2.45) is 0 Å². The predicted octanol–water partition coefficient (Wildman–Crippen LogP) is 2.22. The predicted molar refractivity (Wildman–Crippen MR) is 76.9 cm³/mol. The third-order valence-corrected chi connectivity index (χ3v) is 2.35. The molecule has 1 rings (SSSR count). The molecule has 6 heteroatoms. The van der Waals surface area contributed by atoms with E-state index < -0.39 is 11.7 Å². The van der Waals surface area contributed by atoms with E-state index in [2.05, 4.69) is 5.32 Å². The largest absolute Gasteiger partial charge is 0.416 e. The highest BCUT2D eigenvalue weighted by Gasteiger charge is 2.30. The van der Waals surface area contributed by atoms with Crippen molar-refractivity contribution in [2.45, 2.75) is 32.5 Å². The lowest BCUT2D eigenvalue weighted by Gasteiger charge is -2.13. The van der Waals surface area contributed by atoms with Gasteiger partial charge in [-0.3, -0.25) is 0 Å². The first-order valence-electron chi connectivity index (χ1n) is 5.33. The Morgan fingerprint density at radius 2 is 1.89 bits per heavy atom. The zero-order chi connectivity index (χ0) is 12.2. The van der Waals surface area contributed by atoms with E-state index >= 15 is 0 Å². The maximum atomic E-state index is 12.4. The first-order valence-corrected chi connectivity index (χ1v) is 5.33. The van der Waals surface area contributed by atoms with Crippen LogP contribution in [0.5, 0.6) is 0 Å². The standard InChI is InChI=1S/C12H16F3N.ClH.H4Si/c1-3-16-9(2)7-10-5-4-6-11(8-10)12(13,14)15;;/h4-6,8-9,16H,3,7H2,1-2H3;1H;1H4. The second-order valence-electron chi connectivity index (χ2n) is 3.86. The smallest absolute Gasteiger partial charge is 0.314 e. The number of halogens is 4. The first kappa shape index (κ1) is 19.8. The second-order valence-corrected chi connectivity index (χ2v) is 3.86. The average molecular weight is 300 g/mol. The van der Waals surface area contributed by atoms with Gasteiger partial charge in [-0.2, -0.15) is 13.2 Å². The van der Waals surface area contributed by atoms with Gasteiger partial charge in [0.25, 0.3) is 0 Å². The lowest BCUT2D eigenvalue weighted by Crippen LogP contribution is -2.27. The molecular weight excluding hydrogens is 279 g/mol. The van der Waals surface area contributed by atoms with Crippen LogP contribution in [0.25, 0.3) is 0 Å². The molecule has 0 amide bonds. The molecule has 1 unspecified atom stereocenters. The lowest BCUT2D eigenvalue weighted by atomic mass is 10.0. The van der Waals surface area contributed by atoms with E-state index in [0.717, 1.165) is 12.6 Å². The van der Waals surface area contributed by atoms with Crippen LogP contribution in [-0.4, -0.2) is 23.6 Å². The minimum atomic E-state index is -4.25. The SMILES string of the molecule is CCNC(C)Cc1cccc(C(F)(F)F)c1.Cl.[SiH4]. The van der Waals surface area contributed by atoms with Crippen molar-refractivity contribution in [2.75, 3.05) is 6.54 Å². The van der Waals surface area contributed by atoms with Crippen molar-refractivity contribution in [3.8, 4) is 0 Å². The first-order chi connectivity index (χ1) is 7.43. The third-order valence-electron chi connectivity index (χ3n) is 2.35. The summed E-state index contributed by atoms with van der Waals surface area (Å²) in [5.41, 5.74) is 0.136. The van der Waals surface area contributed by atoms with Crippen LogP contribution in [0.4, 0.5) is 13.2 Å². The van der Waals surface area contributed by atoms with Crippen LogP contribution in [0.2, 0.25) is 0 Å². The second kappa shape index (κ2) is 8.56. The number of likely N-dealkylation sites (N-methyl/N-ethyl adjacent to an activating group) is 1. The van der Waals surface area contributed by atoms with Gasteiger partial charge in [0.05, 0.1) is 5.56 Å². The van der Waals surface area contributed by atoms with Crippen LogP contribution in [-0.2, 0) is 12.6 Å². The molecule has 0 heterocycles. The summed E-state index contributed by atoms with van der Waals surface area (Å²) < 4.78 is 37.3. The summed E-state index contributed by atoms with van der Waals surface area (Å²) in [6.07, 6.45) is -3.64. The fraction of sp³-hybridized carbons (Fsp3) is 0.500. The van der Waals surface area contributed by atoms with E-state index in [4.69, 9.17) is 0 Å². The lowest BCUT2D eigenvalue weighted by molar-refractivity contribution is -0.137. The molecule has 0 aliphatic rings. The van der Waals surface area contributed by atoms with Gasteiger partial charge in [-0.25, -0.2) is 0 Å². The van der Waals surface area contributed by atoms with Crippen LogP contribution in [0.3, 0.4) is 0 Å². The zero-order valence-electron chi connectivity index (χ0n) is 9.84. The number of hydrogen-bond donors (Lipinski definition) is 1. The Labute approximate surface area is 117 Å². The normalized spacial score (nSPS) is 12.3. The summed E-state index contributed by atoms with van der Waals surface area (Å²) in [5, 5.41) is 3.17. The van der Waals surface area contributed by atoms with Crippen LogP contribution in [0.1, 0.15) is 25.0 Å². The number of alkyl halides is 3. The molecule has 0 aromatic heterocycles. The molecule has 18 heavy (non-hydrogen) atoms. The Hall–Kier alpha value is -0.523. The Morgan fingerprint density at radius 1 is 1.28 bits per heavy atom. The van der Waals surface area contributed by atoms with Crippen molar-refractivity contribution in [3.63, 3.8) is 0 Å². The van der Waals surface area contributed by atoms with E-state index in [1.807, 2.05) is 13.8 Å². The molecule has 106 valence electrons. The fourth-order valence-corrected chi connectivity index (χ4v) is 1.65. The highest BCUT2D eigenvalue weighted by atomic mass is 35.5. The fourth-order valence-electron chi connectivity index (χ4n) is 1.65. The van der Waals surface area contributed by atoms with Crippen molar-refractivity contribution >= 4 is 23.4 Å². The summed E-state index contributed by atoms with van der Waals surface area (Å²) in [6.45, 7) is 4.76. The zero-order valence-corrected chi connectivity index (χ0v) is 10.7. The molecule has 0 spiro atoms. The van der Waals surface area contributed by atoms with Crippen molar-refractivity contribution in [3.05, 3.63) is 35.4 Å². The molecule has 1 atom stereocenters. The number of nitrogens with one attached hydrogen (secondary N) is 1. The molecule has 0 aliphatic heterocycles. The van der Waals surface area contributed by atoms with Crippen molar-refractivity contribution in [1.29, 1.82) is 0 Å². The van der Waals surface area contributed by atoms with Gasteiger partial charge in [-0.1, -0.05) is 25.1 Å². The van der Waals surface area contributed by atoms with E-state index in [0.29, 0.717) is 12.0 Å². The topological polar surface area (TPSA) is 12.0 Å². The van der Waals surface area contributed by atoms with Gasteiger partial charge in [-0.15, -0.1) is 12.4 Å². The highest BCUT2D eigenvalue weighted by Crippen LogP contribution is 2.29. The summed E-state index contributed by atoms with van der Waals surface area (Å²) >= 11 is 0. The van der Waals surface area contributed by atoms with Gasteiger partial charge in [0.1, 0.15) is 0 Å². The maximum Gasteiger partial charge on any atom is 0.416 e. The van der Waals surface area contributed by atoms with Crippen LogP contribution < -0.4 is 5.32 Å². The minimum absolute atomic E-state index is 0. The van der Waals surface area contributed by atoms with Crippen LogP contribution in [0, 0.1) is 0 Å². The van der Waals surface area contributed by atoms with Gasteiger partial charge in [0.15, 0.2) is 0 Å². The summed E-state index contributed by atoms with van der Waals surface area (Å²) in [7, 11) is 0. The molecule has 0 fully saturated rings. The van der Waals surface area contributed by atoms with Gasteiger partial charge in [0.2, 0.25) is 0 Å². The maximum absolute atomic E-state index is 12.4. The van der Waals surface area contributed by atoms with E-state index in [-0.39, 0.29) is 29.4 Å². The third kappa shape index (κ3) is 6.42. The van der Waals surface area contributed by atoms with E-state index in [1.54, 1.807) is 6.07 Å². The van der Waals surface area contributed by atoms with Crippen LogP contribution >= 0.6 is 12.4 Å². The van der Waals surface area contributed by atoms with Crippen molar-refractivity contribution in [1.82, 2.24) is 5.32 Å². The monoisotopic (exact) mass is 299 g/mol. The Kier molecular flexibility index (Phi) is 9.42. The number of rotatable bonds is 4. The molecule has 1 N–H and O–H groups in total. The molecule has 1 aromatic carbocycles. The van der Waals surface area contributed by atoms with Crippen LogP contribution in [0.15, 0.2) is 24.3 Å². The average Bonchev–Trinajstić information content (AvgIpc) is 2.17. The van der Waals surface area contributed by atoms with Gasteiger partial charge in [0, 0.05) is 6.04 Å². The molecular formula is C12H21ClF3NSi. The van der Waals surface area contributed by atoms with Crippen molar-refractivity contribution < 1.29 is 13.2 Å². The van der Waals surface area contributed by atoms with E-state index in [1.165, 1.54) is 12.1 Å². The van der Waals surface area contributed by atoms with Gasteiger partial charge >= 0.3 is 6.18 Å². The Balaban J connectivity index is 0. The minimum Gasteiger partial charge on any atom is -0.314 e. The Bertz CT molecular complexity index is 344. The summed E-state index contributed by atoms with van der Waals surface area (Å²) in [4.78, 5) is 0. The van der Waals surface area contributed by atoms with Gasteiger partial charge < -0.3 is 5.32 Å². The molecule has 1 aromatic rings. The molecule has 0 bridgehead atoms. The number of hydrogen-bond acceptors (Lipinski definition) is 1. The Morgan fingerprint density at radius 3 is 2.39 bits per heavy atom. The van der Waals surface area contributed by atoms with Gasteiger partial charge in [-0.05, 0) is 42.5 Å². The summed E-state index contributed by atoms with van der Waals surface area (Å²) in [6, 6.07) is 5.68. The van der Waals surface area contributed by atoms with E-state index in [9.17, 15) is 13.2 Å². The summed E-state index contributed by atoms with van der Waals surface area (Å²) in [5.74, 6) is 0. The highest BCUT2D eigenvalue weighted by molar-refractivity contribution is 5.85. The molecule has 0 saturated heterocycles. The molecule has 0 radical (unpaired) electrons. The molecule has 1 nitrogen and oxygen atoms in total. The molecule has 0 aliphatic carbocycles. The quantitative estimate of drug-likeness (QED) is 0.841. The molecule has 0 saturated carbocycles.